The number of carbonyl (C=O) groups is 3. The van der Waals surface area contributed by atoms with Crippen LogP contribution in [0.4, 0.5) is 4.79 Å². The molecule has 2 aliphatic rings. The molecule has 1 aromatic heterocycles. The van der Waals surface area contributed by atoms with E-state index in [0.717, 1.165) is 29.1 Å². The largest absolute Gasteiger partial charge is 0.458 e. The number of hydrogen-bond donors (Lipinski definition) is 3. The number of Topliss-reactive ketones (excluding diaryl/α,β-unsaturated/α-hetero) is 1. The molecular formula is C29H45N3O6S. The number of aliphatic hydroxyl groups excluding tert-OH is 2. The number of aryl methyl sites for hydroxylation is 1. The average molecular weight is 564 g/mol. The summed E-state index contributed by atoms with van der Waals surface area (Å²) in [4.78, 5) is 45.6. The lowest BCUT2D eigenvalue weighted by molar-refractivity contribution is -0.154. The Morgan fingerprint density at radius 1 is 1.26 bits per heavy atom. The van der Waals surface area contributed by atoms with Crippen molar-refractivity contribution in [3.63, 3.8) is 0 Å². The van der Waals surface area contributed by atoms with Crippen LogP contribution in [0.25, 0.3) is 6.08 Å². The van der Waals surface area contributed by atoms with Gasteiger partial charge in [-0.05, 0) is 51.2 Å². The number of fused-ring (bicyclic) bond motifs is 1. The molecule has 2 saturated heterocycles. The number of rotatable bonds is 3. The summed E-state index contributed by atoms with van der Waals surface area (Å²) in [6.45, 7) is 13.0. The van der Waals surface area contributed by atoms with Crippen molar-refractivity contribution in [3.05, 3.63) is 21.7 Å². The Morgan fingerprint density at radius 3 is 2.56 bits per heavy atom. The molecule has 2 unspecified atom stereocenters. The normalized spacial score (nSPS) is 32.8. The van der Waals surface area contributed by atoms with Crippen molar-refractivity contribution in [3.8, 4) is 0 Å². The van der Waals surface area contributed by atoms with Crippen molar-refractivity contribution in [1.29, 1.82) is 0 Å². The van der Waals surface area contributed by atoms with Crippen molar-refractivity contribution < 1.29 is 29.3 Å². The smallest absolute Gasteiger partial charge is 0.318 e. The number of aliphatic hydroxyl groups is 2. The molecule has 2 amide bonds. The van der Waals surface area contributed by atoms with Gasteiger partial charge in [-0.3, -0.25) is 9.59 Å². The second-order valence-corrected chi connectivity index (χ2v) is 12.8. The highest BCUT2D eigenvalue weighted by Crippen LogP contribution is 2.39. The van der Waals surface area contributed by atoms with E-state index in [1.165, 1.54) is 11.3 Å². The molecule has 3 rings (SSSR count). The van der Waals surface area contributed by atoms with Gasteiger partial charge in [0.1, 0.15) is 11.9 Å². The van der Waals surface area contributed by atoms with Crippen LogP contribution in [0.1, 0.15) is 84.3 Å². The third-order valence-electron chi connectivity index (χ3n) is 8.38. The van der Waals surface area contributed by atoms with E-state index in [0.29, 0.717) is 19.4 Å². The van der Waals surface area contributed by atoms with Gasteiger partial charge in [-0.1, -0.05) is 34.1 Å². The first kappa shape index (κ1) is 31.2. The number of esters is 1. The maximum atomic E-state index is 13.3. The summed E-state index contributed by atoms with van der Waals surface area (Å²) in [5.41, 5.74) is 0.330. The van der Waals surface area contributed by atoms with Crippen LogP contribution in [0.15, 0.2) is 11.0 Å². The molecule has 7 atom stereocenters. The van der Waals surface area contributed by atoms with Crippen LogP contribution < -0.4 is 5.32 Å². The van der Waals surface area contributed by atoms with Crippen molar-refractivity contribution in [2.75, 3.05) is 6.54 Å². The third-order valence-corrected chi connectivity index (χ3v) is 9.17. The predicted molar refractivity (Wildman–Crippen MR) is 151 cm³/mol. The average Bonchev–Trinajstić information content (AvgIpc) is 3.39. The minimum atomic E-state index is -1.28. The molecule has 0 bridgehead atoms. The van der Waals surface area contributed by atoms with Gasteiger partial charge in [0, 0.05) is 24.3 Å². The van der Waals surface area contributed by atoms with E-state index in [9.17, 15) is 24.6 Å². The summed E-state index contributed by atoms with van der Waals surface area (Å²) >= 11 is 1.53. The molecule has 0 aliphatic carbocycles. The number of thiazole rings is 1. The van der Waals surface area contributed by atoms with Gasteiger partial charge in [0.2, 0.25) is 0 Å². The Kier molecular flexibility index (Phi) is 10.3. The van der Waals surface area contributed by atoms with Gasteiger partial charge in [-0.25, -0.2) is 9.78 Å². The van der Waals surface area contributed by atoms with Gasteiger partial charge in [-0.15, -0.1) is 11.3 Å². The Balaban J connectivity index is 1.92. The van der Waals surface area contributed by atoms with Crippen LogP contribution in [0.2, 0.25) is 0 Å². The number of nitrogens with one attached hydrogen (secondary N) is 1. The zero-order valence-corrected chi connectivity index (χ0v) is 25.1. The number of ketones is 1. The van der Waals surface area contributed by atoms with E-state index >= 15 is 0 Å². The van der Waals surface area contributed by atoms with Crippen LogP contribution in [-0.2, 0) is 14.3 Å². The van der Waals surface area contributed by atoms with Crippen LogP contribution >= 0.6 is 11.3 Å². The van der Waals surface area contributed by atoms with Gasteiger partial charge in [0.05, 0.1) is 46.8 Å². The lowest BCUT2D eigenvalue weighted by atomic mass is 9.73. The minimum Gasteiger partial charge on any atom is -0.458 e. The second kappa shape index (κ2) is 12.9. The van der Waals surface area contributed by atoms with E-state index in [1.807, 2.05) is 44.1 Å². The Labute approximate surface area is 236 Å². The summed E-state index contributed by atoms with van der Waals surface area (Å²) in [6.07, 6.45) is 1.42. The Hall–Kier alpha value is -2.30. The summed E-state index contributed by atoms with van der Waals surface area (Å²) < 4.78 is 5.93. The molecule has 0 radical (unpaired) electrons. The highest BCUT2D eigenvalue weighted by Gasteiger charge is 2.51. The molecule has 2 aliphatic heterocycles. The first-order valence-electron chi connectivity index (χ1n) is 14.0. The van der Waals surface area contributed by atoms with E-state index in [4.69, 9.17) is 4.74 Å². The molecule has 3 N–H and O–H groups in total. The monoisotopic (exact) mass is 563 g/mol. The zero-order chi connectivity index (χ0) is 29.1. The molecule has 9 nitrogen and oxygen atoms in total. The number of ether oxygens (including phenoxy) is 1. The number of cyclic esters (lactones) is 1. The van der Waals surface area contributed by atoms with E-state index < -0.39 is 35.6 Å². The molecule has 0 aromatic carbocycles. The molecule has 39 heavy (non-hydrogen) atoms. The van der Waals surface area contributed by atoms with Crippen LogP contribution in [0.5, 0.6) is 0 Å². The maximum Gasteiger partial charge on any atom is 0.318 e. The molecular weight excluding hydrogens is 518 g/mol. The SMILES string of the molecule is CCNC(=O)N1C2CCC[C@H](C)[C@H](O)[C@@H](C)C(=O)C(C)(C)[C@@H](O)CC(=O)O[C@H](/C(C)=C/c3csc(C)n3)CC21. The number of aromatic nitrogens is 1. The fourth-order valence-electron chi connectivity index (χ4n) is 5.64. The summed E-state index contributed by atoms with van der Waals surface area (Å²) in [6, 6.07) is -0.255. The molecule has 0 saturated carbocycles. The summed E-state index contributed by atoms with van der Waals surface area (Å²) in [5.74, 6) is -1.74. The van der Waals surface area contributed by atoms with Crippen LogP contribution in [0.3, 0.4) is 0 Å². The quantitative estimate of drug-likeness (QED) is 0.373. The van der Waals surface area contributed by atoms with Crippen molar-refractivity contribution in [2.45, 2.75) is 111 Å². The Bertz CT molecular complexity index is 1070. The number of amides is 2. The molecule has 1 aromatic rings. The third kappa shape index (κ3) is 7.46. The van der Waals surface area contributed by atoms with E-state index in [-0.39, 0.29) is 36.2 Å². The highest BCUT2D eigenvalue weighted by molar-refractivity contribution is 7.09. The topological polar surface area (TPSA) is 129 Å². The number of urea groups is 1. The zero-order valence-electron chi connectivity index (χ0n) is 24.3. The molecule has 0 spiro atoms. The van der Waals surface area contributed by atoms with Gasteiger partial charge < -0.3 is 25.2 Å². The first-order valence-corrected chi connectivity index (χ1v) is 14.9. The van der Waals surface area contributed by atoms with Crippen molar-refractivity contribution >= 4 is 35.2 Å². The fourth-order valence-corrected chi connectivity index (χ4v) is 6.21. The van der Waals surface area contributed by atoms with Gasteiger partial charge in [0.15, 0.2) is 0 Å². The number of carbonyl (C=O) groups excluding carboxylic acids is 3. The number of nitrogens with zero attached hydrogens (tertiary/aromatic N) is 2. The maximum absolute atomic E-state index is 13.3. The van der Waals surface area contributed by atoms with Crippen molar-refractivity contribution in [2.24, 2.45) is 17.3 Å². The van der Waals surface area contributed by atoms with Gasteiger partial charge >= 0.3 is 12.0 Å². The van der Waals surface area contributed by atoms with Gasteiger partial charge in [-0.2, -0.15) is 0 Å². The standard InChI is InChI=1S/C29H45N3O6S/c1-8-30-28(37)32-21-11-9-10-16(2)26(35)18(4)27(36)29(6,7)24(33)14-25(34)38-23(13-22(21)32)17(3)12-20-15-39-19(5)31-20/h12,15-16,18,21-24,26,33,35H,8-11,13-14H2,1-7H3,(H,30,37)/b17-12+/t16-,18+,21?,22?,23-,24-,26-,32?/m0/s1. The van der Waals surface area contributed by atoms with Crippen molar-refractivity contribution in [1.82, 2.24) is 15.2 Å². The number of hydrogen-bond acceptors (Lipinski definition) is 8. The van der Waals surface area contributed by atoms with Gasteiger partial charge in [0.25, 0.3) is 0 Å². The van der Waals surface area contributed by atoms with Crippen LogP contribution in [-0.4, -0.2) is 74.8 Å². The minimum absolute atomic E-state index is 0.00658. The molecule has 2 fully saturated rings. The molecule has 10 heteroatoms. The van der Waals surface area contributed by atoms with E-state index in [1.54, 1.807) is 20.8 Å². The first-order chi connectivity index (χ1) is 18.3. The summed E-state index contributed by atoms with van der Waals surface area (Å²) in [5, 5.41) is 27.6. The Morgan fingerprint density at radius 2 is 1.95 bits per heavy atom. The predicted octanol–water partition coefficient (Wildman–Crippen LogP) is 4.10. The van der Waals surface area contributed by atoms with Crippen LogP contribution in [0, 0.1) is 24.2 Å². The second-order valence-electron chi connectivity index (χ2n) is 11.8. The summed E-state index contributed by atoms with van der Waals surface area (Å²) in [7, 11) is 0. The molecule has 3 heterocycles. The lowest BCUT2D eigenvalue weighted by Gasteiger charge is -2.34. The van der Waals surface area contributed by atoms with E-state index in [2.05, 4.69) is 10.3 Å². The fraction of sp³-hybridized carbons (Fsp3) is 0.724. The highest BCUT2D eigenvalue weighted by atomic mass is 32.1. The molecule has 218 valence electrons. The lowest BCUT2D eigenvalue weighted by Crippen LogP contribution is -2.45.